The van der Waals surface area contributed by atoms with Crippen molar-refractivity contribution in [3.63, 3.8) is 0 Å². The summed E-state index contributed by atoms with van der Waals surface area (Å²) < 4.78 is 5.66. The van der Waals surface area contributed by atoms with Crippen molar-refractivity contribution in [1.29, 1.82) is 0 Å². The van der Waals surface area contributed by atoms with E-state index in [1.54, 1.807) is 18.6 Å². The van der Waals surface area contributed by atoms with E-state index in [1.165, 1.54) is 5.56 Å². The summed E-state index contributed by atoms with van der Waals surface area (Å²) in [4.78, 5) is 10.6. The van der Waals surface area contributed by atoms with Crippen molar-refractivity contribution in [2.75, 3.05) is 13.1 Å². The highest BCUT2D eigenvalue weighted by Crippen LogP contribution is 2.20. The van der Waals surface area contributed by atoms with Gasteiger partial charge in [-0.25, -0.2) is 4.98 Å². The normalized spacial score (nSPS) is 22.5. The number of nitrogens with one attached hydrogen (secondary N) is 1. The molecule has 116 valence electrons. The van der Waals surface area contributed by atoms with Crippen LogP contribution in [0.1, 0.15) is 19.4 Å². The number of rotatable bonds is 4. The van der Waals surface area contributed by atoms with Crippen LogP contribution in [0.2, 0.25) is 0 Å². The Kier molecular flexibility index (Phi) is 4.65. The fourth-order valence-electron chi connectivity index (χ4n) is 2.67. The maximum absolute atomic E-state index is 5.66. The van der Waals surface area contributed by atoms with Crippen LogP contribution < -0.4 is 10.1 Å². The first-order valence-electron chi connectivity index (χ1n) is 7.71. The molecule has 1 aromatic heterocycles. The fraction of sp³-hybridized carbons (Fsp3) is 0.412. The van der Waals surface area contributed by atoms with Crippen molar-refractivity contribution in [2.24, 2.45) is 0 Å². The number of hydrogen-bond donors (Lipinski definition) is 1. The van der Waals surface area contributed by atoms with Crippen LogP contribution in [0.25, 0.3) is 0 Å². The van der Waals surface area contributed by atoms with Gasteiger partial charge in [-0.2, -0.15) is 0 Å². The van der Waals surface area contributed by atoms with Gasteiger partial charge in [-0.3, -0.25) is 9.88 Å². The summed E-state index contributed by atoms with van der Waals surface area (Å²) >= 11 is 0. The van der Waals surface area contributed by atoms with Crippen LogP contribution in [0.3, 0.4) is 0 Å². The first-order chi connectivity index (χ1) is 10.7. The lowest BCUT2D eigenvalue weighted by Gasteiger charge is -2.37. The van der Waals surface area contributed by atoms with Gasteiger partial charge in [0.25, 0.3) is 0 Å². The Balaban J connectivity index is 1.61. The number of nitrogens with zero attached hydrogens (tertiary/aromatic N) is 3. The van der Waals surface area contributed by atoms with Crippen molar-refractivity contribution in [3.8, 4) is 11.6 Å². The molecular formula is C17H22N4O. The maximum Gasteiger partial charge on any atom is 0.237 e. The third kappa shape index (κ3) is 3.81. The fourth-order valence-corrected chi connectivity index (χ4v) is 2.67. The number of benzene rings is 1. The summed E-state index contributed by atoms with van der Waals surface area (Å²) in [5.74, 6) is 1.30. The zero-order valence-electron chi connectivity index (χ0n) is 13.1. The van der Waals surface area contributed by atoms with Crippen LogP contribution in [-0.2, 0) is 6.54 Å². The molecule has 1 aliphatic heterocycles. The lowest BCUT2D eigenvalue weighted by Crippen LogP contribution is -2.53. The third-order valence-corrected chi connectivity index (χ3v) is 3.96. The van der Waals surface area contributed by atoms with Gasteiger partial charge in [-0.15, -0.1) is 0 Å². The van der Waals surface area contributed by atoms with Gasteiger partial charge in [0, 0.05) is 44.1 Å². The number of aromatic nitrogens is 2. The molecule has 5 nitrogen and oxygen atoms in total. The second-order valence-electron chi connectivity index (χ2n) is 5.88. The molecule has 22 heavy (non-hydrogen) atoms. The molecule has 0 amide bonds. The molecule has 1 aliphatic rings. The molecule has 5 heteroatoms. The van der Waals surface area contributed by atoms with Crippen molar-refractivity contribution in [3.05, 3.63) is 48.4 Å². The third-order valence-electron chi connectivity index (χ3n) is 3.96. The van der Waals surface area contributed by atoms with Gasteiger partial charge in [0.15, 0.2) is 0 Å². The van der Waals surface area contributed by atoms with Crippen LogP contribution in [0.15, 0.2) is 42.9 Å². The molecule has 1 N–H and O–H groups in total. The average Bonchev–Trinajstić information content (AvgIpc) is 2.54. The molecule has 0 bridgehead atoms. The Hall–Kier alpha value is -1.98. The van der Waals surface area contributed by atoms with E-state index in [1.807, 2.05) is 12.1 Å². The van der Waals surface area contributed by atoms with E-state index in [2.05, 4.69) is 46.2 Å². The summed E-state index contributed by atoms with van der Waals surface area (Å²) in [6.45, 7) is 7.60. The van der Waals surface area contributed by atoms with Gasteiger partial charge >= 0.3 is 0 Å². The van der Waals surface area contributed by atoms with Crippen LogP contribution >= 0.6 is 0 Å². The summed E-state index contributed by atoms with van der Waals surface area (Å²) in [5.41, 5.74) is 1.30. The van der Waals surface area contributed by atoms with Gasteiger partial charge < -0.3 is 10.1 Å². The predicted molar refractivity (Wildman–Crippen MR) is 85.9 cm³/mol. The molecule has 2 unspecified atom stereocenters. The second-order valence-corrected chi connectivity index (χ2v) is 5.88. The zero-order valence-corrected chi connectivity index (χ0v) is 13.1. The van der Waals surface area contributed by atoms with E-state index in [0.717, 1.165) is 25.4 Å². The van der Waals surface area contributed by atoms with E-state index in [9.17, 15) is 0 Å². The zero-order chi connectivity index (χ0) is 15.4. The van der Waals surface area contributed by atoms with Gasteiger partial charge in [0.05, 0.1) is 6.20 Å². The maximum atomic E-state index is 5.66. The molecule has 2 aromatic rings. The largest absolute Gasteiger partial charge is 0.438 e. The van der Waals surface area contributed by atoms with E-state index >= 15 is 0 Å². The van der Waals surface area contributed by atoms with Crippen molar-refractivity contribution in [1.82, 2.24) is 20.2 Å². The Morgan fingerprint density at radius 2 is 2.05 bits per heavy atom. The van der Waals surface area contributed by atoms with E-state index < -0.39 is 0 Å². The van der Waals surface area contributed by atoms with Crippen LogP contribution in [0.4, 0.5) is 0 Å². The molecule has 0 radical (unpaired) electrons. The molecule has 0 saturated carbocycles. The van der Waals surface area contributed by atoms with Gasteiger partial charge in [0.2, 0.25) is 5.88 Å². The average molecular weight is 298 g/mol. The molecule has 2 heterocycles. The highest BCUT2D eigenvalue weighted by Gasteiger charge is 2.22. The second kappa shape index (κ2) is 6.85. The smallest absolute Gasteiger partial charge is 0.237 e. The monoisotopic (exact) mass is 298 g/mol. The minimum Gasteiger partial charge on any atom is -0.438 e. The van der Waals surface area contributed by atoms with E-state index in [-0.39, 0.29) is 0 Å². The minimum atomic E-state index is 0.514. The first kappa shape index (κ1) is 14.9. The molecule has 2 atom stereocenters. The number of piperazine rings is 1. The number of ether oxygens (including phenoxy) is 1. The minimum absolute atomic E-state index is 0.514. The summed E-state index contributed by atoms with van der Waals surface area (Å²) in [7, 11) is 0. The highest BCUT2D eigenvalue weighted by molar-refractivity contribution is 5.29. The van der Waals surface area contributed by atoms with Crippen molar-refractivity contribution < 1.29 is 4.74 Å². The molecular weight excluding hydrogens is 276 g/mol. The standard InChI is InChI=1S/C17H22N4O/c1-13-11-21(14(2)9-20-13)12-15-3-5-16(6-4-15)22-17-10-18-7-8-19-17/h3-8,10,13-14,20H,9,11-12H2,1-2H3. The van der Waals surface area contributed by atoms with E-state index in [4.69, 9.17) is 4.74 Å². The highest BCUT2D eigenvalue weighted by atomic mass is 16.5. The molecule has 3 rings (SSSR count). The summed E-state index contributed by atoms with van der Waals surface area (Å²) in [5, 5.41) is 3.51. The topological polar surface area (TPSA) is 50.3 Å². The molecule has 1 fully saturated rings. The Labute approximate surface area is 131 Å². The molecule has 0 spiro atoms. The van der Waals surface area contributed by atoms with Crippen molar-refractivity contribution >= 4 is 0 Å². The van der Waals surface area contributed by atoms with Crippen LogP contribution in [-0.4, -0.2) is 40.0 Å². The SMILES string of the molecule is CC1CN(Cc2ccc(Oc3cnccn3)cc2)C(C)CN1. The summed E-state index contributed by atoms with van der Waals surface area (Å²) in [6, 6.07) is 9.32. The predicted octanol–water partition coefficient (Wildman–Crippen LogP) is 2.45. The van der Waals surface area contributed by atoms with Gasteiger partial charge in [-0.05, 0) is 31.5 Å². The Morgan fingerprint density at radius 3 is 2.77 bits per heavy atom. The van der Waals surface area contributed by atoms with Gasteiger partial charge in [-0.1, -0.05) is 12.1 Å². The van der Waals surface area contributed by atoms with Crippen LogP contribution in [0, 0.1) is 0 Å². The number of hydrogen-bond acceptors (Lipinski definition) is 5. The Morgan fingerprint density at radius 1 is 1.23 bits per heavy atom. The van der Waals surface area contributed by atoms with Crippen molar-refractivity contribution in [2.45, 2.75) is 32.5 Å². The lowest BCUT2D eigenvalue weighted by molar-refractivity contribution is 0.139. The quantitative estimate of drug-likeness (QED) is 0.939. The first-order valence-corrected chi connectivity index (χ1v) is 7.71. The van der Waals surface area contributed by atoms with Gasteiger partial charge in [0.1, 0.15) is 5.75 Å². The lowest BCUT2D eigenvalue weighted by atomic mass is 10.1. The molecule has 0 aliphatic carbocycles. The van der Waals surface area contributed by atoms with E-state index in [0.29, 0.717) is 18.0 Å². The summed E-state index contributed by atoms with van der Waals surface area (Å²) in [6.07, 6.45) is 4.86. The Bertz CT molecular complexity index is 587. The molecule has 1 saturated heterocycles. The molecule has 1 aromatic carbocycles. The van der Waals surface area contributed by atoms with Crippen LogP contribution in [0.5, 0.6) is 11.6 Å².